The monoisotopic (exact) mass is 300 g/mol. The number of carboxylic acids is 1. The van der Waals surface area contributed by atoms with Crippen molar-refractivity contribution in [2.24, 2.45) is 5.92 Å². The molecule has 1 saturated heterocycles. The first kappa shape index (κ1) is 14.6. The lowest BCUT2D eigenvalue weighted by Gasteiger charge is -2.12. The van der Waals surface area contributed by atoms with Gasteiger partial charge in [0.1, 0.15) is 5.56 Å². The van der Waals surface area contributed by atoms with Crippen molar-refractivity contribution in [2.45, 2.75) is 6.42 Å². The van der Waals surface area contributed by atoms with Gasteiger partial charge in [-0.2, -0.15) is 11.8 Å². The second kappa shape index (κ2) is 6.08. The van der Waals surface area contributed by atoms with E-state index in [4.69, 9.17) is 5.11 Å². The smallest absolute Gasteiger partial charge is 0.342 e. The van der Waals surface area contributed by atoms with Gasteiger partial charge in [-0.1, -0.05) is 0 Å². The summed E-state index contributed by atoms with van der Waals surface area (Å²) in [7, 11) is 0. The number of nitrogens with zero attached hydrogens (tertiary/aromatic N) is 1. The van der Waals surface area contributed by atoms with Crippen LogP contribution in [0.4, 0.5) is 15.8 Å². The van der Waals surface area contributed by atoms with Crippen LogP contribution in [-0.4, -0.2) is 34.0 Å². The van der Waals surface area contributed by atoms with E-state index in [9.17, 15) is 19.3 Å². The number of halogens is 1. The van der Waals surface area contributed by atoms with Crippen LogP contribution < -0.4 is 5.32 Å². The highest BCUT2D eigenvalue weighted by Gasteiger charge is 2.24. The van der Waals surface area contributed by atoms with Gasteiger partial charge in [-0.05, 0) is 29.9 Å². The fraction of sp³-hybridized carbons (Fsp3) is 0.417. The molecular formula is C12H13FN2O4S. The van der Waals surface area contributed by atoms with E-state index in [1.54, 1.807) is 0 Å². The average molecular weight is 300 g/mol. The number of thioether (sulfide) groups is 1. The fourth-order valence-corrected chi connectivity index (χ4v) is 3.30. The molecule has 20 heavy (non-hydrogen) atoms. The number of hydrogen-bond donors (Lipinski definition) is 2. The Labute approximate surface area is 118 Å². The number of nitro benzene ring substituents is 1. The molecule has 8 heteroatoms. The predicted molar refractivity (Wildman–Crippen MR) is 73.9 cm³/mol. The fourth-order valence-electron chi connectivity index (χ4n) is 2.02. The van der Waals surface area contributed by atoms with Crippen molar-refractivity contribution in [3.8, 4) is 0 Å². The molecule has 0 amide bonds. The lowest BCUT2D eigenvalue weighted by atomic mass is 10.1. The number of rotatable bonds is 5. The molecule has 0 bridgehead atoms. The molecule has 0 radical (unpaired) electrons. The number of hydrogen-bond acceptors (Lipinski definition) is 5. The van der Waals surface area contributed by atoms with Gasteiger partial charge in [0.2, 0.25) is 0 Å². The van der Waals surface area contributed by atoms with Gasteiger partial charge in [0.05, 0.1) is 16.7 Å². The molecule has 1 aromatic carbocycles. The third kappa shape index (κ3) is 3.19. The summed E-state index contributed by atoms with van der Waals surface area (Å²) in [6.45, 7) is 0.529. The van der Waals surface area contributed by atoms with Gasteiger partial charge in [-0.3, -0.25) is 10.1 Å². The lowest BCUT2D eigenvalue weighted by molar-refractivity contribution is -0.385. The van der Waals surface area contributed by atoms with Crippen molar-refractivity contribution in [3.05, 3.63) is 33.6 Å². The largest absolute Gasteiger partial charge is 0.477 e. The Kier molecular flexibility index (Phi) is 4.43. The molecule has 1 aliphatic heterocycles. The van der Waals surface area contributed by atoms with Crippen LogP contribution in [0.2, 0.25) is 0 Å². The Bertz CT molecular complexity index is 547. The number of carbonyl (C=O) groups is 1. The quantitative estimate of drug-likeness (QED) is 0.641. The molecule has 108 valence electrons. The summed E-state index contributed by atoms with van der Waals surface area (Å²) < 4.78 is 13.8. The van der Waals surface area contributed by atoms with Crippen LogP contribution in [0.25, 0.3) is 0 Å². The van der Waals surface area contributed by atoms with E-state index in [2.05, 4.69) is 5.32 Å². The number of benzene rings is 1. The van der Waals surface area contributed by atoms with Crippen molar-refractivity contribution in [1.82, 2.24) is 0 Å². The molecule has 1 aromatic rings. The molecule has 0 aromatic heterocycles. The van der Waals surface area contributed by atoms with Gasteiger partial charge in [-0.25, -0.2) is 9.18 Å². The Morgan fingerprint density at radius 2 is 2.35 bits per heavy atom. The summed E-state index contributed by atoms with van der Waals surface area (Å²) in [5.41, 5.74) is -1.26. The van der Waals surface area contributed by atoms with Gasteiger partial charge < -0.3 is 10.4 Å². The zero-order valence-corrected chi connectivity index (χ0v) is 11.3. The molecular weight excluding hydrogens is 287 g/mol. The molecule has 1 atom stereocenters. The molecule has 0 aliphatic carbocycles. The Morgan fingerprint density at radius 1 is 1.60 bits per heavy atom. The van der Waals surface area contributed by atoms with Crippen LogP contribution in [0.3, 0.4) is 0 Å². The minimum atomic E-state index is -1.45. The average Bonchev–Trinajstić information content (AvgIpc) is 2.89. The van der Waals surface area contributed by atoms with Crippen molar-refractivity contribution in [2.75, 3.05) is 23.4 Å². The highest BCUT2D eigenvalue weighted by molar-refractivity contribution is 7.99. The van der Waals surface area contributed by atoms with Crippen molar-refractivity contribution >= 4 is 29.1 Å². The zero-order valence-electron chi connectivity index (χ0n) is 10.5. The number of anilines is 1. The molecule has 2 N–H and O–H groups in total. The maximum absolute atomic E-state index is 13.8. The van der Waals surface area contributed by atoms with Crippen LogP contribution in [-0.2, 0) is 0 Å². The summed E-state index contributed by atoms with van der Waals surface area (Å²) in [6.07, 6.45) is 1.03. The molecule has 0 saturated carbocycles. The minimum absolute atomic E-state index is 0.00935. The second-order valence-corrected chi connectivity index (χ2v) is 5.67. The summed E-state index contributed by atoms with van der Waals surface area (Å²) >= 11 is 1.82. The Morgan fingerprint density at radius 3 is 2.90 bits per heavy atom. The van der Waals surface area contributed by atoms with Crippen molar-refractivity contribution in [3.63, 3.8) is 0 Å². The van der Waals surface area contributed by atoms with E-state index in [-0.39, 0.29) is 5.69 Å². The SMILES string of the molecule is O=C(O)c1cc(NCC2CCSC2)c(F)cc1[N+](=O)[O-]. The third-order valence-corrected chi connectivity index (χ3v) is 4.35. The highest BCUT2D eigenvalue weighted by Crippen LogP contribution is 2.28. The van der Waals surface area contributed by atoms with Gasteiger partial charge >= 0.3 is 5.97 Å². The maximum atomic E-state index is 13.8. The molecule has 1 unspecified atom stereocenters. The summed E-state index contributed by atoms with van der Waals surface area (Å²) in [6, 6.07) is 1.63. The third-order valence-electron chi connectivity index (χ3n) is 3.12. The number of carboxylic acid groups (broad SMARTS) is 1. The Balaban J connectivity index is 2.22. The lowest BCUT2D eigenvalue weighted by Crippen LogP contribution is -2.15. The number of nitrogens with one attached hydrogen (secondary N) is 1. The van der Waals surface area contributed by atoms with Crippen LogP contribution in [0, 0.1) is 21.8 Å². The molecule has 1 aliphatic rings. The summed E-state index contributed by atoms with van der Waals surface area (Å²) in [5.74, 6) is 0.189. The second-order valence-electron chi connectivity index (χ2n) is 4.52. The van der Waals surface area contributed by atoms with E-state index >= 15 is 0 Å². The topological polar surface area (TPSA) is 92.5 Å². The van der Waals surface area contributed by atoms with E-state index in [1.807, 2.05) is 11.8 Å². The molecule has 1 fully saturated rings. The predicted octanol–water partition coefficient (Wildman–Crippen LogP) is 2.60. The van der Waals surface area contributed by atoms with Crippen molar-refractivity contribution < 1.29 is 19.2 Å². The standard InChI is InChI=1S/C12H13FN2O4S/c13-9-4-11(15(18)19)8(12(16)17)3-10(9)14-5-7-1-2-20-6-7/h3-4,7,14H,1-2,5-6H2,(H,16,17). The minimum Gasteiger partial charge on any atom is -0.477 e. The van der Waals surface area contributed by atoms with Crippen LogP contribution >= 0.6 is 11.8 Å². The van der Waals surface area contributed by atoms with Crippen LogP contribution in [0.5, 0.6) is 0 Å². The van der Waals surface area contributed by atoms with Crippen LogP contribution in [0.1, 0.15) is 16.8 Å². The Hall–Kier alpha value is -1.83. The van der Waals surface area contributed by atoms with Crippen molar-refractivity contribution in [1.29, 1.82) is 0 Å². The number of aromatic carboxylic acids is 1. The van der Waals surface area contributed by atoms with E-state index in [1.165, 1.54) is 0 Å². The van der Waals surface area contributed by atoms with E-state index in [0.29, 0.717) is 18.5 Å². The van der Waals surface area contributed by atoms with Gasteiger partial charge in [0, 0.05) is 6.54 Å². The molecule has 2 rings (SSSR count). The first-order valence-corrected chi connectivity index (χ1v) is 7.17. The maximum Gasteiger partial charge on any atom is 0.342 e. The zero-order chi connectivity index (χ0) is 14.7. The normalized spacial score (nSPS) is 17.9. The van der Waals surface area contributed by atoms with E-state index < -0.39 is 28.0 Å². The first-order valence-electron chi connectivity index (χ1n) is 6.02. The molecule has 6 nitrogen and oxygen atoms in total. The summed E-state index contributed by atoms with van der Waals surface area (Å²) in [4.78, 5) is 20.8. The van der Waals surface area contributed by atoms with Gasteiger partial charge in [0.25, 0.3) is 5.69 Å². The van der Waals surface area contributed by atoms with Gasteiger partial charge in [-0.15, -0.1) is 0 Å². The number of nitro groups is 1. The highest BCUT2D eigenvalue weighted by atomic mass is 32.2. The van der Waals surface area contributed by atoms with Crippen LogP contribution in [0.15, 0.2) is 12.1 Å². The van der Waals surface area contributed by atoms with Gasteiger partial charge in [0.15, 0.2) is 5.82 Å². The molecule has 1 heterocycles. The summed E-state index contributed by atoms with van der Waals surface area (Å²) in [5, 5.41) is 22.5. The van der Waals surface area contributed by atoms with E-state index in [0.717, 1.165) is 24.0 Å². The molecule has 0 spiro atoms. The first-order chi connectivity index (χ1) is 9.49.